The molecule has 0 unspecified atom stereocenters. The van der Waals surface area contributed by atoms with Crippen LogP contribution in [0.4, 0.5) is 10.1 Å². The fourth-order valence-electron chi connectivity index (χ4n) is 2.96. The number of aromatic nitrogens is 2. The summed E-state index contributed by atoms with van der Waals surface area (Å²) < 4.78 is 13.9. The lowest BCUT2D eigenvalue weighted by molar-refractivity contribution is -0.117. The molecule has 0 radical (unpaired) electrons. The van der Waals surface area contributed by atoms with E-state index in [1.54, 1.807) is 18.2 Å². The Balaban J connectivity index is 1.66. The Morgan fingerprint density at radius 1 is 1.14 bits per heavy atom. The summed E-state index contributed by atoms with van der Waals surface area (Å²) in [6, 6.07) is 14.1. The molecule has 1 aliphatic rings. The monoisotopic (exact) mass is 295 g/mol. The summed E-state index contributed by atoms with van der Waals surface area (Å²) in [5, 5.41) is 0. The van der Waals surface area contributed by atoms with Gasteiger partial charge in [-0.05, 0) is 24.3 Å². The van der Waals surface area contributed by atoms with Gasteiger partial charge in [0.05, 0.1) is 16.7 Å². The molecule has 5 heteroatoms. The first-order chi connectivity index (χ1) is 10.7. The first kappa shape index (κ1) is 13.0. The van der Waals surface area contributed by atoms with E-state index >= 15 is 0 Å². The third-order valence-electron chi connectivity index (χ3n) is 4.06. The van der Waals surface area contributed by atoms with Gasteiger partial charge in [0.25, 0.3) is 0 Å². The molecule has 1 atom stereocenters. The van der Waals surface area contributed by atoms with E-state index in [-0.39, 0.29) is 17.6 Å². The molecule has 3 aromatic rings. The third-order valence-corrected chi connectivity index (χ3v) is 4.06. The minimum atomic E-state index is -0.374. The summed E-state index contributed by atoms with van der Waals surface area (Å²) in [6.07, 6.45) is 0.341. The van der Waals surface area contributed by atoms with Gasteiger partial charge in [0, 0.05) is 18.9 Å². The molecule has 4 nitrogen and oxygen atoms in total. The molecule has 22 heavy (non-hydrogen) atoms. The molecule has 2 aromatic carbocycles. The van der Waals surface area contributed by atoms with E-state index in [4.69, 9.17) is 0 Å². The molecule has 0 bridgehead atoms. The minimum absolute atomic E-state index is 0.0421. The van der Waals surface area contributed by atoms with Crippen LogP contribution in [0.2, 0.25) is 0 Å². The molecule has 1 amide bonds. The number of nitrogens with zero attached hydrogens (tertiary/aromatic N) is 2. The molecule has 1 saturated heterocycles. The summed E-state index contributed by atoms with van der Waals surface area (Å²) in [5.41, 5.74) is 2.18. The fourth-order valence-corrected chi connectivity index (χ4v) is 2.96. The van der Waals surface area contributed by atoms with E-state index < -0.39 is 0 Å². The van der Waals surface area contributed by atoms with Crippen molar-refractivity contribution in [2.75, 3.05) is 11.4 Å². The smallest absolute Gasteiger partial charge is 0.227 e. The molecule has 2 heterocycles. The number of carbonyl (C=O) groups excluding carboxylic acids is 1. The number of benzene rings is 2. The van der Waals surface area contributed by atoms with Crippen molar-refractivity contribution in [1.82, 2.24) is 9.97 Å². The molecule has 0 spiro atoms. The highest BCUT2D eigenvalue weighted by molar-refractivity contribution is 5.96. The lowest BCUT2D eigenvalue weighted by atomic mass is 10.1. The zero-order valence-corrected chi connectivity index (χ0v) is 11.8. The Hall–Kier alpha value is -2.69. The summed E-state index contributed by atoms with van der Waals surface area (Å²) in [6.45, 7) is 0.444. The summed E-state index contributed by atoms with van der Waals surface area (Å²) in [4.78, 5) is 21.6. The van der Waals surface area contributed by atoms with Crippen molar-refractivity contribution >= 4 is 22.6 Å². The maximum Gasteiger partial charge on any atom is 0.227 e. The second-order valence-electron chi connectivity index (χ2n) is 5.50. The zero-order chi connectivity index (χ0) is 15.1. The minimum Gasteiger partial charge on any atom is -0.342 e. The van der Waals surface area contributed by atoms with Gasteiger partial charge in [0.1, 0.15) is 11.6 Å². The maximum absolute atomic E-state index is 13.9. The highest BCUT2D eigenvalue weighted by Gasteiger charge is 2.34. The summed E-state index contributed by atoms with van der Waals surface area (Å²) in [7, 11) is 0. The molecular weight excluding hydrogens is 281 g/mol. The summed E-state index contributed by atoms with van der Waals surface area (Å²) in [5.74, 6) is 0.296. The van der Waals surface area contributed by atoms with E-state index in [1.165, 1.54) is 11.0 Å². The highest BCUT2D eigenvalue weighted by Crippen LogP contribution is 2.32. The Bertz CT molecular complexity index is 825. The SMILES string of the molecule is O=C1C[C@@H](c2nc3ccccc3[nH]2)CN1c1ccccc1F. The van der Waals surface area contributed by atoms with Crippen LogP contribution in [-0.4, -0.2) is 22.4 Å². The van der Waals surface area contributed by atoms with E-state index in [0.29, 0.717) is 18.7 Å². The van der Waals surface area contributed by atoms with Crippen LogP contribution in [0.1, 0.15) is 18.2 Å². The van der Waals surface area contributed by atoms with E-state index in [0.717, 1.165) is 16.9 Å². The van der Waals surface area contributed by atoms with Gasteiger partial charge in [-0.2, -0.15) is 0 Å². The van der Waals surface area contributed by atoms with Gasteiger partial charge in [-0.15, -0.1) is 0 Å². The molecule has 1 fully saturated rings. The van der Waals surface area contributed by atoms with Gasteiger partial charge in [-0.1, -0.05) is 24.3 Å². The van der Waals surface area contributed by atoms with Crippen LogP contribution in [0.3, 0.4) is 0 Å². The van der Waals surface area contributed by atoms with Crippen molar-refractivity contribution in [2.45, 2.75) is 12.3 Å². The van der Waals surface area contributed by atoms with Crippen LogP contribution in [0.5, 0.6) is 0 Å². The number of nitrogens with one attached hydrogen (secondary N) is 1. The number of anilines is 1. The first-order valence-electron chi connectivity index (χ1n) is 7.22. The van der Waals surface area contributed by atoms with Gasteiger partial charge >= 0.3 is 0 Å². The number of fused-ring (bicyclic) bond motifs is 1. The van der Waals surface area contributed by atoms with Crippen molar-refractivity contribution in [2.24, 2.45) is 0 Å². The number of para-hydroxylation sites is 3. The Morgan fingerprint density at radius 2 is 1.91 bits per heavy atom. The number of halogens is 1. The largest absolute Gasteiger partial charge is 0.342 e. The van der Waals surface area contributed by atoms with Crippen LogP contribution in [0.15, 0.2) is 48.5 Å². The fraction of sp³-hybridized carbons (Fsp3) is 0.176. The number of amides is 1. The average molecular weight is 295 g/mol. The van der Waals surface area contributed by atoms with Crippen molar-refractivity contribution in [3.8, 4) is 0 Å². The number of aromatic amines is 1. The Labute approximate surface area is 126 Å². The van der Waals surface area contributed by atoms with E-state index in [9.17, 15) is 9.18 Å². The topological polar surface area (TPSA) is 49.0 Å². The van der Waals surface area contributed by atoms with Crippen LogP contribution >= 0.6 is 0 Å². The molecule has 0 saturated carbocycles. The standard InChI is InChI=1S/C17H14FN3O/c18-12-5-1-4-8-15(12)21-10-11(9-16(21)22)17-19-13-6-2-3-7-14(13)20-17/h1-8,11H,9-10H2,(H,19,20)/t11-/m1/s1. The Kier molecular flexibility index (Phi) is 2.92. The van der Waals surface area contributed by atoms with Gasteiger partial charge < -0.3 is 9.88 Å². The van der Waals surface area contributed by atoms with Crippen molar-refractivity contribution in [3.05, 3.63) is 60.2 Å². The van der Waals surface area contributed by atoms with Crippen molar-refractivity contribution < 1.29 is 9.18 Å². The van der Waals surface area contributed by atoms with Crippen LogP contribution in [0.25, 0.3) is 11.0 Å². The number of rotatable bonds is 2. The summed E-state index contributed by atoms with van der Waals surface area (Å²) >= 11 is 0. The molecule has 1 aliphatic heterocycles. The number of H-pyrrole nitrogens is 1. The van der Waals surface area contributed by atoms with E-state index in [1.807, 2.05) is 24.3 Å². The molecular formula is C17H14FN3O. The molecule has 4 rings (SSSR count). The normalized spacial score (nSPS) is 18.3. The second kappa shape index (κ2) is 4.94. The lowest BCUT2D eigenvalue weighted by Gasteiger charge is -2.16. The molecule has 110 valence electrons. The van der Waals surface area contributed by atoms with Crippen molar-refractivity contribution in [3.63, 3.8) is 0 Å². The predicted octanol–water partition coefficient (Wildman–Crippen LogP) is 3.22. The average Bonchev–Trinajstić information content (AvgIpc) is 3.11. The van der Waals surface area contributed by atoms with Gasteiger partial charge in [-0.3, -0.25) is 4.79 Å². The Morgan fingerprint density at radius 3 is 2.73 bits per heavy atom. The third kappa shape index (κ3) is 2.06. The van der Waals surface area contributed by atoms with Gasteiger partial charge in [-0.25, -0.2) is 9.37 Å². The second-order valence-corrected chi connectivity index (χ2v) is 5.50. The molecule has 1 N–H and O–H groups in total. The first-order valence-corrected chi connectivity index (χ1v) is 7.22. The zero-order valence-electron chi connectivity index (χ0n) is 11.8. The quantitative estimate of drug-likeness (QED) is 0.789. The van der Waals surface area contributed by atoms with Gasteiger partial charge in [0.2, 0.25) is 5.91 Å². The molecule has 0 aliphatic carbocycles. The number of hydrogen-bond acceptors (Lipinski definition) is 2. The maximum atomic E-state index is 13.9. The van der Waals surface area contributed by atoms with Crippen LogP contribution in [0, 0.1) is 5.82 Å². The number of carbonyl (C=O) groups is 1. The van der Waals surface area contributed by atoms with E-state index in [2.05, 4.69) is 9.97 Å². The van der Waals surface area contributed by atoms with Crippen LogP contribution < -0.4 is 4.90 Å². The predicted molar refractivity (Wildman–Crippen MR) is 82.2 cm³/mol. The van der Waals surface area contributed by atoms with Gasteiger partial charge in [0.15, 0.2) is 0 Å². The molecule has 1 aromatic heterocycles. The lowest BCUT2D eigenvalue weighted by Crippen LogP contribution is -2.25. The van der Waals surface area contributed by atoms with Crippen LogP contribution in [-0.2, 0) is 4.79 Å². The number of hydrogen-bond donors (Lipinski definition) is 1. The number of imidazole rings is 1. The van der Waals surface area contributed by atoms with Crippen molar-refractivity contribution in [1.29, 1.82) is 0 Å². The highest BCUT2D eigenvalue weighted by atomic mass is 19.1.